The molecule has 1 fully saturated rings. The number of fused-ring (bicyclic) bond motifs is 1. The van der Waals surface area contributed by atoms with E-state index >= 15 is 0 Å². The first-order valence-corrected chi connectivity index (χ1v) is 4.60. The van der Waals surface area contributed by atoms with Crippen LogP contribution in [0.15, 0.2) is 11.6 Å². The SMILES string of the molecule is CCC1=CCCC2CCC12. The summed E-state index contributed by atoms with van der Waals surface area (Å²) in [5.74, 6) is 2.12. The Bertz CT molecular complexity index is 155. The Morgan fingerprint density at radius 2 is 2.30 bits per heavy atom. The first kappa shape index (κ1) is 6.45. The van der Waals surface area contributed by atoms with Crippen molar-refractivity contribution < 1.29 is 0 Å². The summed E-state index contributed by atoms with van der Waals surface area (Å²) in [7, 11) is 0. The van der Waals surface area contributed by atoms with Crippen molar-refractivity contribution in [2.75, 3.05) is 0 Å². The first-order chi connectivity index (χ1) is 4.92. The zero-order valence-electron chi connectivity index (χ0n) is 6.77. The molecule has 2 atom stereocenters. The second-order valence-electron chi connectivity index (χ2n) is 3.65. The molecule has 2 aliphatic rings. The summed E-state index contributed by atoms with van der Waals surface area (Å²) in [6, 6.07) is 0. The molecule has 0 aromatic carbocycles. The highest BCUT2D eigenvalue weighted by molar-refractivity contribution is 5.14. The van der Waals surface area contributed by atoms with E-state index in [9.17, 15) is 0 Å². The van der Waals surface area contributed by atoms with Gasteiger partial charge in [0, 0.05) is 0 Å². The molecule has 0 spiro atoms. The predicted octanol–water partition coefficient (Wildman–Crippen LogP) is 3.14. The van der Waals surface area contributed by atoms with Crippen LogP contribution in [0.4, 0.5) is 0 Å². The van der Waals surface area contributed by atoms with E-state index in [2.05, 4.69) is 13.0 Å². The van der Waals surface area contributed by atoms with Gasteiger partial charge in [0.05, 0.1) is 0 Å². The third-order valence-electron chi connectivity index (χ3n) is 3.25. The fourth-order valence-electron chi connectivity index (χ4n) is 2.44. The van der Waals surface area contributed by atoms with Crippen molar-refractivity contribution >= 4 is 0 Å². The van der Waals surface area contributed by atoms with Gasteiger partial charge < -0.3 is 0 Å². The maximum absolute atomic E-state index is 2.49. The molecule has 56 valence electrons. The zero-order chi connectivity index (χ0) is 6.97. The molecule has 0 heteroatoms. The van der Waals surface area contributed by atoms with E-state index < -0.39 is 0 Å². The second kappa shape index (κ2) is 2.41. The summed E-state index contributed by atoms with van der Waals surface area (Å²) in [5.41, 5.74) is 1.77. The van der Waals surface area contributed by atoms with E-state index in [1.165, 1.54) is 32.1 Å². The molecule has 0 N–H and O–H groups in total. The fourth-order valence-corrected chi connectivity index (χ4v) is 2.44. The molecule has 0 radical (unpaired) electrons. The lowest BCUT2D eigenvalue weighted by molar-refractivity contribution is 0.186. The summed E-state index contributed by atoms with van der Waals surface area (Å²) in [6.07, 6.45) is 9.65. The topological polar surface area (TPSA) is 0 Å². The summed E-state index contributed by atoms with van der Waals surface area (Å²) >= 11 is 0. The van der Waals surface area contributed by atoms with Gasteiger partial charge in [-0.3, -0.25) is 0 Å². The maximum Gasteiger partial charge on any atom is -0.0175 e. The monoisotopic (exact) mass is 136 g/mol. The highest BCUT2D eigenvalue weighted by atomic mass is 14.4. The minimum absolute atomic E-state index is 1.03. The van der Waals surface area contributed by atoms with Gasteiger partial charge in [0.2, 0.25) is 0 Å². The maximum atomic E-state index is 2.49. The Kier molecular flexibility index (Phi) is 1.55. The van der Waals surface area contributed by atoms with Crippen molar-refractivity contribution in [1.29, 1.82) is 0 Å². The average Bonchev–Trinajstić information content (AvgIpc) is 1.91. The molecular weight excluding hydrogens is 120 g/mol. The summed E-state index contributed by atoms with van der Waals surface area (Å²) in [6.45, 7) is 2.30. The molecule has 1 saturated carbocycles. The van der Waals surface area contributed by atoms with E-state index in [0.29, 0.717) is 0 Å². The first-order valence-electron chi connectivity index (χ1n) is 4.60. The molecule has 0 aromatic heterocycles. The number of allylic oxidation sites excluding steroid dienone is 2. The second-order valence-corrected chi connectivity index (χ2v) is 3.65. The van der Waals surface area contributed by atoms with Gasteiger partial charge in [0.1, 0.15) is 0 Å². The molecule has 0 saturated heterocycles. The molecule has 2 rings (SSSR count). The predicted molar refractivity (Wildman–Crippen MR) is 43.8 cm³/mol. The third-order valence-corrected chi connectivity index (χ3v) is 3.25. The average molecular weight is 136 g/mol. The van der Waals surface area contributed by atoms with E-state index in [4.69, 9.17) is 0 Å². The van der Waals surface area contributed by atoms with Crippen molar-refractivity contribution in [3.63, 3.8) is 0 Å². The van der Waals surface area contributed by atoms with Crippen LogP contribution in [0.5, 0.6) is 0 Å². The molecule has 2 unspecified atom stereocenters. The van der Waals surface area contributed by atoms with Crippen LogP contribution in [-0.4, -0.2) is 0 Å². The Hall–Kier alpha value is -0.260. The normalized spacial score (nSPS) is 37.9. The van der Waals surface area contributed by atoms with E-state index in [1.54, 1.807) is 5.57 Å². The van der Waals surface area contributed by atoms with Gasteiger partial charge in [0.25, 0.3) is 0 Å². The number of hydrogen-bond donors (Lipinski definition) is 0. The molecule has 0 bridgehead atoms. The van der Waals surface area contributed by atoms with Crippen LogP contribution in [0, 0.1) is 11.8 Å². The molecule has 0 nitrogen and oxygen atoms in total. The van der Waals surface area contributed by atoms with Gasteiger partial charge in [-0.15, -0.1) is 0 Å². The Morgan fingerprint density at radius 1 is 1.40 bits per heavy atom. The van der Waals surface area contributed by atoms with Gasteiger partial charge in [-0.2, -0.15) is 0 Å². The lowest BCUT2D eigenvalue weighted by atomic mass is 9.64. The van der Waals surface area contributed by atoms with E-state index in [0.717, 1.165) is 11.8 Å². The van der Waals surface area contributed by atoms with E-state index in [-0.39, 0.29) is 0 Å². The van der Waals surface area contributed by atoms with Gasteiger partial charge in [-0.25, -0.2) is 0 Å². The van der Waals surface area contributed by atoms with Gasteiger partial charge in [-0.1, -0.05) is 18.6 Å². The fraction of sp³-hybridized carbons (Fsp3) is 0.800. The van der Waals surface area contributed by atoms with Crippen molar-refractivity contribution in [2.45, 2.75) is 39.0 Å². The minimum Gasteiger partial charge on any atom is -0.0850 e. The Labute approximate surface area is 63.3 Å². The molecule has 2 aliphatic carbocycles. The smallest absolute Gasteiger partial charge is 0.0175 e. The summed E-state index contributed by atoms with van der Waals surface area (Å²) in [4.78, 5) is 0. The van der Waals surface area contributed by atoms with Gasteiger partial charge >= 0.3 is 0 Å². The van der Waals surface area contributed by atoms with Crippen LogP contribution in [0.1, 0.15) is 39.0 Å². The lowest BCUT2D eigenvalue weighted by Gasteiger charge is -2.41. The Morgan fingerprint density at radius 3 is 2.80 bits per heavy atom. The molecule has 0 aromatic rings. The van der Waals surface area contributed by atoms with Crippen LogP contribution in [0.3, 0.4) is 0 Å². The van der Waals surface area contributed by atoms with Crippen LogP contribution in [-0.2, 0) is 0 Å². The quantitative estimate of drug-likeness (QED) is 0.486. The highest BCUT2D eigenvalue weighted by Crippen LogP contribution is 2.46. The summed E-state index contributed by atoms with van der Waals surface area (Å²) in [5, 5.41) is 0. The van der Waals surface area contributed by atoms with Crippen LogP contribution >= 0.6 is 0 Å². The molecule has 0 amide bonds. The van der Waals surface area contributed by atoms with Crippen molar-refractivity contribution in [3.8, 4) is 0 Å². The van der Waals surface area contributed by atoms with Crippen LogP contribution < -0.4 is 0 Å². The number of hydrogen-bond acceptors (Lipinski definition) is 0. The largest absolute Gasteiger partial charge is 0.0850 e. The molecule has 10 heavy (non-hydrogen) atoms. The van der Waals surface area contributed by atoms with Gasteiger partial charge in [-0.05, 0) is 43.9 Å². The van der Waals surface area contributed by atoms with Crippen LogP contribution in [0.2, 0.25) is 0 Å². The van der Waals surface area contributed by atoms with Crippen LogP contribution in [0.25, 0.3) is 0 Å². The van der Waals surface area contributed by atoms with Gasteiger partial charge in [0.15, 0.2) is 0 Å². The zero-order valence-corrected chi connectivity index (χ0v) is 6.77. The third kappa shape index (κ3) is 0.817. The number of rotatable bonds is 1. The highest BCUT2D eigenvalue weighted by Gasteiger charge is 2.33. The van der Waals surface area contributed by atoms with Crippen molar-refractivity contribution in [3.05, 3.63) is 11.6 Å². The molecule has 0 heterocycles. The Balaban J connectivity index is 2.09. The minimum atomic E-state index is 1.03. The molecule has 0 aliphatic heterocycles. The lowest BCUT2D eigenvalue weighted by Crippen LogP contribution is -2.29. The van der Waals surface area contributed by atoms with Crippen molar-refractivity contribution in [1.82, 2.24) is 0 Å². The van der Waals surface area contributed by atoms with Crippen molar-refractivity contribution in [2.24, 2.45) is 11.8 Å². The molecular formula is C10H16. The standard InChI is InChI=1S/C10H16/c1-2-8-4-3-5-9-6-7-10(8)9/h4,9-10H,2-3,5-7H2,1H3. The summed E-state index contributed by atoms with van der Waals surface area (Å²) < 4.78 is 0. The van der Waals surface area contributed by atoms with E-state index in [1.807, 2.05) is 0 Å².